The van der Waals surface area contributed by atoms with Gasteiger partial charge in [0.05, 0.1) is 31.8 Å². The number of benzene rings is 2. The number of esters is 1. The van der Waals surface area contributed by atoms with E-state index < -0.39 is 35.0 Å². The number of hydrogen-bond donors (Lipinski definition) is 0. The van der Waals surface area contributed by atoms with Crippen LogP contribution in [0.4, 0.5) is 13.2 Å². The Labute approximate surface area is 199 Å². The minimum absolute atomic E-state index is 0.0457. The van der Waals surface area contributed by atoms with Crippen molar-refractivity contribution in [3.8, 4) is 28.4 Å². The standard InChI is InChI=1S/C25H25F3O7/c1-5-11-33-24(30)17(6-2)34-15-8-9-16-19(13-15)35-23(25(26,27)28)21(22(16)29)14-7-10-18(31-3)20(12-14)32-4/h7-10,12-13,17H,5-6,11H2,1-4H3. The zero-order valence-corrected chi connectivity index (χ0v) is 19.7. The van der Waals surface area contributed by atoms with Crippen molar-refractivity contribution in [1.29, 1.82) is 0 Å². The number of fused-ring (bicyclic) bond motifs is 1. The largest absolute Gasteiger partial charge is 0.493 e. The van der Waals surface area contributed by atoms with E-state index in [1.807, 2.05) is 6.92 Å². The van der Waals surface area contributed by atoms with E-state index in [2.05, 4.69) is 0 Å². The van der Waals surface area contributed by atoms with Gasteiger partial charge in [0.2, 0.25) is 11.2 Å². The van der Waals surface area contributed by atoms with Crippen LogP contribution in [0.25, 0.3) is 22.1 Å². The summed E-state index contributed by atoms with van der Waals surface area (Å²) >= 11 is 0. The lowest BCUT2D eigenvalue weighted by molar-refractivity contribution is -0.152. The summed E-state index contributed by atoms with van der Waals surface area (Å²) in [6.07, 6.45) is -5.02. The molecule has 0 fully saturated rings. The molecule has 1 unspecified atom stereocenters. The third kappa shape index (κ3) is 5.52. The molecule has 1 aromatic heterocycles. The van der Waals surface area contributed by atoms with Gasteiger partial charge < -0.3 is 23.4 Å². The maximum atomic E-state index is 14.0. The van der Waals surface area contributed by atoms with Gasteiger partial charge in [-0.2, -0.15) is 13.2 Å². The average molecular weight is 494 g/mol. The van der Waals surface area contributed by atoms with Gasteiger partial charge in [-0.05, 0) is 42.7 Å². The molecule has 0 N–H and O–H groups in total. The highest BCUT2D eigenvalue weighted by atomic mass is 19.4. The Morgan fingerprint density at radius 1 is 1.03 bits per heavy atom. The van der Waals surface area contributed by atoms with Gasteiger partial charge in [0, 0.05) is 6.07 Å². The average Bonchev–Trinajstić information content (AvgIpc) is 2.84. The topological polar surface area (TPSA) is 84.2 Å². The third-order valence-corrected chi connectivity index (χ3v) is 5.15. The van der Waals surface area contributed by atoms with E-state index in [9.17, 15) is 22.8 Å². The van der Waals surface area contributed by atoms with Gasteiger partial charge >= 0.3 is 12.1 Å². The number of halogens is 3. The fourth-order valence-electron chi connectivity index (χ4n) is 3.46. The molecule has 0 radical (unpaired) electrons. The molecule has 2 aromatic carbocycles. The number of methoxy groups -OCH3 is 2. The van der Waals surface area contributed by atoms with Crippen LogP contribution in [0.15, 0.2) is 45.6 Å². The highest BCUT2D eigenvalue weighted by molar-refractivity contribution is 5.84. The fourth-order valence-corrected chi connectivity index (χ4v) is 3.46. The molecule has 3 rings (SSSR count). The maximum absolute atomic E-state index is 14.0. The van der Waals surface area contributed by atoms with E-state index in [0.717, 1.165) is 6.07 Å². The molecule has 188 valence electrons. The van der Waals surface area contributed by atoms with Gasteiger partial charge in [-0.15, -0.1) is 0 Å². The minimum atomic E-state index is -4.97. The van der Waals surface area contributed by atoms with E-state index in [4.69, 9.17) is 23.4 Å². The molecule has 1 heterocycles. The summed E-state index contributed by atoms with van der Waals surface area (Å²) in [5, 5.41) is -0.0863. The number of ether oxygens (including phenoxy) is 4. The van der Waals surface area contributed by atoms with Crippen LogP contribution in [-0.2, 0) is 15.7 Å². The lowest BCUT2D eigenvalue weighted by Gasteiger charge is -2.17. The van der Waals surface area contributed by atoms with Crippen molar-refractivity contribution in [2.75, 3.05) is 20.8 Å². The van der Waals surface area contributed by atoms with Crippen molar-refractivity contribution in [2.24, 2.45) is 0 Å². The number of carbonyl (C=O) groups excluding carboxylic acids is 1. The van der Waals surface area contributed by atoms with Crippen LogP contribution in [0.3, 0.4) is 0 Å². The Kier molecular flexibility index (Phi) is 7.93. The van der Waals surface area contributed by atoms with Crippen LogP contribution in [0.5, 0.6) is 17.2 Å². The van der Waals surface area contributed by atoms with E-state index >= 15 is 0 Å². The third-order valence-electron chi connectivity index (χ3n) is 5.15. The zero-order valence-electron chi connectivity index (χ0n) is 19.7. The van der Waals surface area contributed by atoms with Gasteiger partial charge in [0.1, 0.15) is 11.3 Å². The summed E-state index contributed by atoms with van der Waals surface area (Å²) in [5.41, 5.74) is -1.92. The molecule has 0 aliphatic heterocycles. The van der Waals surface area contributed by atoms with Crippen molar-refractivity contribution in [3.05, 3.63) is 52.4 Å². The molecule has 0 saturated heterocycles. The second kappa shape index (κ2) is 10.7. The lowest BCUT2D eigenvalue weighted by atomic mass is 10.0. The van der Waals surface area contributed by atoms with Gasteiger partial charge in [0.25, 0.3) is 0 Å². The van der Waals surface area contributed by atoms with Crippen molar-refractivity contribution in [3.63, 3.8) is 0 Å². The highest BCUT2D eigenvalue weighted by Gasteiger charge is 2.39. The molecular formula is C25H25F3O7. The van der Waals surface area contributed by atoms with Crippen LogP contribution in [0.2, 0.25) is 0 Å². The summed E-state index contributed by atoms with van der Waals surface area (Å²) in [4.78, 5) is 25.4. The molecule has 35 heavy (non-hydrogen) atoms. The summed E-state index contributed by atoms with van der Waals surface area (Å²) in [5.74, 6) is -1.54. The molecule has 0 amide bonds. The quantitative estimate of drug-likeness (QED) is 0.358. The Bertz CT molecular complexity index is 1260. The van der Waals surface area contributed by atoms with Crippen LogP contribution in [-0.4, -0.2) is 32.9 Å². The van der Waals surface area contributed by atoms with E-state index in [-0.39, 0.29) is 41.1 Å². The first kappa shape index (κ1) is 25.9. The van der Waals surface area contributed by atoms with Crippen LogP contribution in [0.1, 0.15) is 32.4 Å². The monoisotopic (exact) mass is 494 g/mol. The van der Waals surface area contributed by atoms with Crippen LogP contribution in [0, 0.1) is 0 Å². The fraction of sp³-hybridized carbons (Fsp3) is 0.360. The van der Waals surface area contributed by atoms with Gasteiger partial charge in [-0.3, -0.25) is 4.79 Å². The van der Waals surface area contributed by atoms with E-state index in [1.165, 1.54) is 44.6 Å². The zero-order chi connectivity index (χ0) is 25.8. The van der Waals surface area contributed by atoms with E-state index in [1.54, 1.807) is 6.92 Å². The molecular weight excluding hydrogens is 469 g/mol. The number of rotatable bonds is 9. The highest BCUT2D eigenvalue weighted by Crippen LogP contribution is 2.40. The minimum Gasteiger partial charge on any atom is -0.493 e. The van der Waals surface area contributed by atoms with Gasteiger partial charge in [-0.1, -0.05) is 19.9 Å². The van der Waals surface area contributed by atoms with Crippen molar-refractivity contribution >= 4 is 16.9 Å². The van der Waals surface area contributed by atoms with Crippen molar-refractivity contribution in [2.45, 2.75) is 39.0 Å². The first-order valence-corrected chi connectivity index (χ1v) is 10.9. The summed E-state index contributed by atoms with van der Waals surface area (Å²) in [6, 6.07) is 7.83. The van der Waals surface area contributed by atoms with Crippen LogP contribution < -0.4 is 19.6 Å². The molecule has 1 atom stereocenters. The van der Waals surface area contributed by atoms with E-state index in [0.29, 0.717) is 12.2 Å². The molecule has 10 heteroatoms. The molecule has 0 aliphatic rings. The summed E-state index contributed by atoms with van der Waals surface area (Å²) < 4.78 is 68.1. The first-order valence-electron chi connectivity index (χ1n) is 10.9. The van der Waals surface area contributed by atoms with Gasteiger partial charge in [-0.25, -0.2) is 4.79 Å². The SMILES string of the molecule is CCCOC(=O)C(CC)Oc1ccc2c(=O)c(-c3ccc(OC)c(OC)c3)c(C(F)(F)F)oc2c1. The first-order chi connectivity index (χ1) is 16.6. The number of alkyl halides is 3. The molecule has 7 nitrogen and oxygen atoms in total. The summed E-state index contributed by atoms with van der Waals surface area (Å²) in [6.45, 7) is 3.77. The van der Waals surface area contributed by atoms with Crippen molar-refractivity contribution in [1.82, 2.24) is 0 Å². The maximum Gasteiger partial charge on any atom is 0.450 e. The Balaban J connectivity index is 2.13. The Morgan fingerprint density at radius 2 is 1.74 bits per heavy atom. The number of hydrogen-bond acceptors (Lipinski definition) is 7. The smallest absolute Gasteiger partial charge is 0.450 e. The number of carbonyl (C=O) groups is 1. The molecule has 3 aromatic rings. The van der Waals surface area contributed by atoms with Crippen molar-refractivity contribution < 1.29 is 41.3 Å². The second-order valence-electron chi connectivity index (χ2n) is 7.54. The predicted octanol–water partition coefficient (Wildman–Crippen LogP) is 5.61. The summed E-state index contributed by atoms with van der Waals surface area (Å²) in [7, 11) is 2.72. The molecule has 0 saturated carbocycles. The Hall–Kier alpha value is -3.69. The molecule has 0 aliphatic carbocycles. The molecule has 0 bridgehead atoms. The lowest BCUT2D eigenvalue weighted by Crippen LogP contribution is -2.29. The van der Waals surface area contributed by atoms with Crippen LogP contribution >= 0.6 is 0 Å². The second-order valence-corrected chi connectivity index (χ2v) is 7.54. The Morgan fingerprint density at radius 3 is 2.34 bits per heavy atom. The normalized spacial score (nSPS) is 12.3. The molecule has 0 spiro atoms. The van der Waals surface area contributed by atoms with Gasteiger partial charge in [0.15, 0.2) is 17.6 Å². The predicted molar refractivity (Wildman–Crippen MR) is 122 cm³/mol.